The van der Waals surface area contributed by atoms with E-state index in [4.69, 9.17) is 11.5 Å². The third kappa shape index (κ3) is 9.92. The van der Waals surface area contributed by atoms with Crippen molar-refractivity contribution in [1.29, 1.82) is 0 Å². The van der Waals surface area contributed by atoms with E-state index < -0.39 is 60.2 Å². The van der Waals surface area contributed by atoms with Gasteiger partial charge in [0.1, 0.15) is 18.1 Å². The zero-order chi connectivity index (χ0) is 27.4. The van der Waals surface area contributed by atoms with Crippen LogP contribution in [-0.2, 0) is 36.8 Å². The summed E-state index contributed by atoms with van der Waals surface area (Å²) in [6.45, 7) is 0. The number of carboxylic acids is 1. The number of nitrogens with zero attached hydrogens (tertiary/aromatic N) is 2. The molecule has 0 fully saturated rings. The van der Waals surface area contributed by atoms with Gasteiger partial charge in [-0.2, -0.15) is 11.8 Å². The summed E-state index contributed by atoms with van der Waals surface area (Å²) >= 11 is 1.52. The summed E-state index contributed by atoms with van der Waals surface area (Å²) in [7, 11) is 0. The summed E-state index contributed by atoms with van der Waals surface area (Å²) in [5.41, 5.74) is 12.0. The highest BCUT2D eigenvalue weighted by atomic mass is 32.2. The lowest BCUT2D eigenvalue weighted by molar-refractivity contribution is -0.143. The van der Waals surface area contributed by atoms with Crippen LogP contribution < -0.4 is 27.4 Å². The van der Waals surface area contributed by atoms with Crippen molar-refractivity contribution in [2.45, 2.75) is 49.9 Å². The van der Waals surface area contributed by atoms with Crippen molar-refractivity contribution in [1.82, 2.24) is 35.9 Å². The van der Waals surface area contributed by atoms with Gasteiger partial charge in [0.05, 0.1) is 25.1 Å². The second-order valence-electron chi connectivity index (χ2n) is 8.14. The molecule has 0 radical (unpaired) electrons. The molecule has 16 heteroatoms. The van der Waals surface area contributed by atoms with Gasteiger partial charge in [-0.15, -0.1) is 0 Å². The number of amides is 4. The second-order valence-corrected chi connectivity index (χ2v) is 9.13. The number of hydrogen-bond acceptors (Lipinski definition) is 9. The number of hydrogen-bond donors (Lipinski definition) is 8. The molecule has 0 aliphatic heterocycles. The molecular formula is C21H31N9O6S. The quantitative estimate of drug-likeness (QED) is 0.111. The van der Waals surface area contributed by atoms with Crippen LogP contribution in [0.2, 0.25) is 0 Å². The van der Waals surface area contributed by atoms with Crippen molar-refractivity contribution < 1.29 is 29.1 Å². The fourth-order valence-electron chi connectivity index (χ4n) is 3.25. The number of carbonyl (C=O) groups is 5. The molecule has 2 rings (SSSR count). The standard InChI is InChI=1S/C21H31N9O6S/c1-37-3-2-13(22)18(32)28-14(4-11-7-24-9-26-11)19(33)29-15(5-12-8-25-10-27-12)20(34)30-16(21(35)36)6-17(23)31/h7-10,13-16H,2-6,22H2,1H3,(H2,23,31)(H,24,26)(H,25,27)(H,28,32)(H,29,33)(H,30,34)(H,35,36). The zero-order valence-corrected chi connectivity index (χ0v) is 20.9. The monoisotopic (exact) mass is 537 g/mol. The molecule has 0 saturated carbocycles. The number of primary amides is 1. The number of H-pyrrole nitrogens is 2. The van der Waals surface area contributed by atoms with Crippen LogP contribution in [0.25, 0.3) is 0 Å². The average Bonchev–Trinajstić information content (AvgIpc) is 3.55. The van der Waals surface area contributed by atoms with E-state index in [-0.39, 0.29) is 12.8 Å². The van der Waals surface area contributed by atoms with Gasteiger partial charge < -0.3 is 42.5 Å². The van der Waals surface area contributed by atoms with Crippen LogP contribution in [0.4, 0.5) is 0 Å². The van der Waals surface area contributed by atoms with Gasteiger partial charge in [-0.25, -0.2) is 14.8 Å². The number of aliphatic carboxylic acids is 1. The Morgan fingerprint density at radius 2 is 1.41 bits per heavy atom. The number of nitrogens with one attached hydrogen (secondary N) is 5. The minimum absolute atomic E-state index is 0.0185. The molecule has 15 nitrogen and oxygen atoms in total. The Bertz CT molecular complexity index is 1050. The molecule has 0 spiro atoms. The predicted octanol–water partition coefficient (Wildman–Crippen LogP) is -2.59. The number of nitrogens with two attached hydrogens (primary N) is 2. The Balaban J connectivity index is 2.22. The minimum atomic E-state index is -1.60. The van der Waals surface area contributed by atoms with Gasteiger partial charge in [-0.05, 0) is 18.4 Å². The Morgan fingerprint density at radius 1 is 0.919 bits per heavy atom. The molecule has 4 unspecified atom stereocenters. The molecule has 202 valence electrons. The maximum Gasteiger partial charge on any atom is 0.326 e. The number of carboxylic acid groups (broad SMARTS) is 1. The molecule has 4 amide bonds. The Hall–Kier alpha value is -3.92. The van der Waals surface area contributed by atoms with Crippen molar-refractivity contribution in [2.24, 2.45) is 11.5 Å². The summed E-state index contributed by atoms with van der Waals surface area (Å²) in [5, 5.41) is 16.7. The first kappa shape index (κ1) is 29.3. The number of rotatable bonds is 16. The van der Waals surface area contributed by atoms with E-state index >= 15 is 0 Å². The lowest BCUT2D eigenvalue weighted by Gasteiger charge is -2.24. The maximum absolute atomic E-state index is 13.3. The van der Waals surface area contributed by atoms with Gasteiger partial charge in [0, 0.05) is 36.6 Å². The topological polar surface area (TPSA) is 251 Å². The fourth-order valence-corrected chi connectivity index (χ4v) is 3.74. The lowest BCUT2D eigenvalue weighted by Crippen LogP contribution is -2.58. The number of carbonyl (C=O) groups excluding carboxylic acids is 4. The molecule has 2 aromatic heterocycles. The Morgan fingerprint density at radius 3 is 1.81 bits per heavy atom. The molecule has 2 heterocycles. The molecule has 37 heavy (non-hydrogen) atoms. The second kappa shape index (κ2) is 14.6. The van der Waals surface area contributed by atoms with Gasteiger partial charge in [0.2, 0.25) is 23.6 Å². The van der Waals surface area contributed by atoms with E-state index in [2.05, 4.69) is 35.9 Å². The van der Waals surface area contributed by atoms with Crippen LogP contribution in [0.15, 0.2) is 25.0 Å². The molecule has 2 aromatic rings. The van der Waals surface area contributed by atoms with E-state index in [1.54, 1.807) is 0 Å². The summed E-state index contributed by atoms with van der Waals surface area (Å²) in [4.78, 5) is 75.0. The molecule has 0 aromatic carbocycles. The van der Waals surface area contributed by atoms with E-state index in [1.807, 2.05) is 6.26 Å². The van der Waals surface area contributed by atoms with Crippen LogP contribution in [0.5, 0.6) is 0 Å². The van der Waals surface area contributed by atoms with Gasteiger partial charge in [0.25, 0.3) is 0 Å². The van der Waals surface area contributed by atoms with E-state index in [0.29, 0.717) is 23.6 Å². The normalized spacial score (nSPS) is 14.1. The summed E-state index contributed by atoms with van der Waals surface area (Å²) in [6.07, 6.45) is 7.26. The highest BCUT2D eigenvalue weighted by Crippen LogP contribution is 2.06. The number of aromatic amines is 2. The third-order valence-electron chi connectivity index (χ3n) is 5.21. The molecule has 0 aliphatic rings. The molecule has 10 N–H and O–H groups in total. The number of aromatic nitrogens is 4. The largest absolute Gasteiger partial charge is 0.480 e. The van der Waals surface area contributed by atoms with Crippen molar-refractivity contribution in [3.63, 3.8) is 0 Å². The number of thioether (sulfide) groups is 1. The Kier molecular flexibility index (Phi) is 11.6. The van der Waals surface area contributed by atoms with Gasteiger partial charge >= 0.3 is 5.97 Å². The van der Waals surface area contributed by atoms with Crippen molar-refractivity contribution in [3.05, 3.63) is 36.4 Å². The van der Waals surface area contributed by atoms with Crippen molar-refractivity contribution >= 4 is 41.4 Å². The first-order valence-corrected chi connectivity index (χ1v) is 12.6. The van der Waals surface area contributed by atoms with Crippen LogP contribution in [0.3, 0.4) is 0 Å². The van der Waals surface area contributed by atoms with Crippen molar-refractivity contribution in [2.75, 3.05) is 12.0 Å². The summed E-state index contributed by atoms with van der Waals surface area (Å²) < 4.78 is 0. The van der Waals surface area contributed by atoms with Gasteiger partial charge in [-0.1, -0.05) is 0 Å². The Labute approximate surface area is 216 Å². The number of imidazole rings is 2. The first-order chi connectivity index (χ1) is 17.6. The summed E-state index contributed by atoms with van der Waals surface area (Å²) in [5.74, 6) is -3.89. The SMILES string of the molecule is CSCCC(N)C(=O)NC(Cc1cnc[nH]1)C(=O)NC(Cc1cnc[nH]1)C(=O)NC(CC(N)=O)C(=O)O. The van der Waals surface area contributed by atoms with Crippen LogP contribution in [0.1, 0.15) is 24.2 Å². The zero-order valence-electron chi connectivity index (χ0n) is 20.1. The molecule has 4 atom stereocenters. The third-order valence-corrected chi connectivity index (χ3v) is 5.86. The van der Waals surface area contributed by atoms with Crippen LogP contribution in [0, 0.1) is 0 Å². The van der Waals surface area contributed by atoms with E-state index in [0.717, 1.165) is 0 Å². The highest BCUT2D eigenvalue weighted by Gasteiger charge is 2.31. The fraction of sp³-hybridized carbons (Fsp3) is 0.476. The molecular weight excluding hydrogens is 506 g/mol. The predicted molar refractivity (Wildman–Crippen MR) is 133 cm³/mol. The van der Waals surface area contributed by atoms with Crippen LogP contribution in [-0.4, -0.2) is 90.8 Å². The minimum Gasteiger partial charge on any atom is -0.480 e. The molecule has 0 saturated heterocycles. The molecule has 0 aliphatic carbocycles. The first-order valence-electron chi connectivity index (χ1n) is 11.2. The lowest BCUT2D eigenvalue weighted by atomic mass is 10.1. The van der Waals surface area contributed by atoms with Gasteiger partial charge in [-0.3, -0.25) is 19.2 Å². The highest BCUT2D eigenvalue weighted by molar-refractivity contribution is 7.98. The average molecular weight is 538 g/mol. The summed E-state index contributed by atoms with van der Waals surface area (Å²) in [6, 6.07) is -4.86. The smallest absolute Gasteiger partial charge is 0.326 e. The maximum atomic E-state index is 13.3. The van der Waals surface area contributed by atoms with Crippen molar-refractivity contribution in [3.8, 4) is 0 Å². The van der Waals surface area contributed by atoms with Crippen LogP contribution >= 0.6 is 11.8 Å². The van der Waals surface area contributed by atoms with E-state index in [9.17, 15) is 29.1 Å². The van der Waals surface area contributed by atoms with Gasteiger partial charge in [0.15, 0.2) is 0 Å². The van der Waals surface area contributed by atoms with E-state index in [1.165, 1.54) is 36.8 Å². The molecule has 0 bridgehead atoms.